The van der Waals surface area contributed by atoms with E-state index in [0.717, 1.165) is 23.1 Å². The van der Waals surface area contributed by atoms with Crippen molar-refractivity contribution < 1.29 is 14.3 Å². The van der Waals surface area contributed by atoms with Crippen LogP contribution in [0.2, 0.25) is 4.34 Å². The number of nitrogens with one attached hydrogen (secondary N) is 2. The van der Waals surface area contributed by atoms with Gasteiger partial charge in [-0.05, 0) is 19.1 Å². The molecule has 4 heterocycles. The first-order chi connectivity index (χ1) is 14.0. The molecule has 0 unspecified atom stereocenters. The molecular formula is C17H16ClN5O3S3. The number of amides is 2. The van der Waals surface area contributed by atoms with Crippen molar-refractivity contribution in [3.05, 3.63) is 38.1 Å². The Hall–Kier alpha value is -2.05. The molecule has 0 bridgehead atoms. The summed E-state index contributed by atoms with van der Waals surface area (Å²) in [5.41, 5.74) is 5.70. The first-order valence-corrected chi connectivity index (χ1v) is 11.5. The second kappa shape index (κ2) is 8.76. The predicted octanol–water partition coefficient (Wildman–Crippen LogP) is 3.20. The quantitative estimate of drug-likeness (QED) is 0.569. The highest BCUT2D eigenvalue weighted by atomic mass is 35.5. The van der Waals surface area contributed by atoms with E-state index in [1.807, 2.05) is 6.07 Å². The molecule has 29 heavy (non-hydrogen) atoms. The van der Waals surface area contributed by atoms with Gasteiger partial charge in [-0.1, -0.05) is 22.9 Å². The zero-order valence-corrected chi connectivity index (χ0v) is 18.4. The molecule has 152 valence electrons. The molecule has 1 aliphatic heterocycles. The summed E-state index contributed by atoms with van der Waals surface area (Å²) in [6.07, 6.45) is 0. The second-order valence-corrected chi connectivity index (χ2v) is 9.61. The molecule has 0 saturated carbocycles. The molecule has 3 aromatic heterocycles. The first kappa shape index (κ1) is 20.2. The number of hydrogen-bond donors (Lipinski definition) is 2. The summed E-state index contributed by atoms with van der Waals surface area (Å²) in [5, 5.41) is 3.12. The highest BCUT2D eigenvalue weighted by molar-refractivity contribution is 7.23. The van der Waals surface area contributed by atoms with Gasteiger partial charge in [-0.2, -0.15) is 0 Å². The standard InChI is InChI=1S/C17H16ClN5O3S3/c1-9-13(29-17(19-9)23-4-6-26-7-5-23)15(25)22-21-14(24)10-8-27-16(20-10)11-2-3-12(18)28-11/h2-3,8H,4-7H2,1H3,(H,21,24)(H,22,25). The van der Waals surface area contributed by atoms with Crippen LogP contribution < -0.4 is 15.8 Å². The van der Waals surface area contributed by atoms with Crippen molar-refractivity contribution in [2.45, 2.75) is 6.92 Å². The summed E-state index contributed by atoms with van der Waals surface area (Å²) in [4.78, 5) is 37.0. The molecule has 12 heteroatoms. The van der Waals surface area contributed by atoms with Crippen LogP contribution in [0.25, 0.3) is 9.88 Å². The normalized spacial score (nSPS) is 14.1. The lowest BCUT2D eigenvalue weighted by Crippen LogP contribution is -2.41. The second-order valence-electron chi connectivity index (χ2n) is 6.06. The summed E-state index contributed by atoms with van der Waals surface area (Å²) in [7, 11) is 0. The number of aryl methyl sites for hydroxylation is 1. The van der Waals surface area contributed by atoms with E-state index in [-0.39, 0.29) is 5.69 Å². The third kappa shape index (κ3) is 4.59. The van der Waals surface area contributed by atoms with Gasteiger partial charge in [0.2, 0.25) is 0 Å². The first-order valence-electron chi connectivity index (χ1n) is 8.63. The van der Waals surface area contributed by atoms with Gasteiger partial charge in [-0.15, -0.1) is 22.7 Å². The number of morpholine rings is 1. The Morgan fingerprint density at radius 3 is 2.62 bits per heavy atom. The highest BCUT2D eigenvalue weighted by Crippen LogP contribution is 2.33. The lowest BCUT2D eigenvalue weighted by atomic mass is 10.4. The molecule has 8 nitrogen and oxygen atoms in total. The maximum atomic E-state index is 12.5. The van der Waals surface area contributed by atoms with E-state index in [0.29, 0.717) is 33.1 Å². The number of hydrogen-bond acceptors (Lipinski definition) is 9. The van der Waals surface area contributed by atoms with E-state index < -0.39 is 11.8 Å². The molecule has 1 saturated heterocycles. The lowest BCUT2D eigenvalue weighted by molar-refractivity contribution is 0.0846. The minimum absolute atomic E-state index is 0.227. The van der Waals surface area contributed by atoms with E-state index in [1.54, 1.807) is 18.4 Å². The van der Waals surface area contributed by atoms with Crippen molar-refractivity contribution in [1.29, 1.82) is 0 Å². The molecule has 4 rings (SSSR count). The van der Waals surface area contributed by atoms with Gasteiger partial charge >= 0.3 is 0 Å². The molecular weight excluding hydrogens is 454 g/mol. The molecule has 0 atom stereocenters. The summed E-state index contributed by atoms with van der Waals surface area (Å²) in [6, 6.07) is 3.64. The molecule has 0 spiro atoms. The van der Waals surface area contributed by atoms with Crippen molar-refractivity contribution in [1.82, 2.24) is 20.8 Å². The van der Waals surface area contributed by atoms with Crippen LogP contribution >= 0.6 is 45.6 Å². The fourth-order valence-corrected chi connectivity index (χ4v) is 5.57. The van der Waals surface area contributed by atoms with Crippen LogP contribution in [0.3, 0.4) is 0 Å². The number of halogens is 1. The number of ether oxygens (including phenoxy) is 1. The predicted molar refractivity (Wildman–Crippen MR) is 115 cm³/mol. The van der Waals surface area contributed by atoms with E-state index in [1.165, 1.54) is 34.0 Å². The summed E-state index contributed by atoms with van der Waals surface area (Å²) in [5.74, 6) is -0.896. The Kier molecular flexibility index (Phi) is 6.11. The Balaban J connectivity index is 1.37. The third-order valence-corrected chi connectivity index (χ3v) is 7.54. The average molecular weight is 470 g/mol. The average Bonchev–Trinajstić information content (AvgIpc) is 3.46. The Bertz CT molecular complexity index is 1040. The van der Waals surface area contributed by atoms with Crippen LogP contribution in [-0.4, -0.2) is 48.1 Å². The summed E-state index contributed by atoms with van der Waals surface area (Å²) >= 11 is 9.97. The van der Waals surface area contributed by atoms with Crippen molar-refractivity contribution in [3.63, 3.8) is 0 Å². The van der Waals surface area contributed by atoms with Gasteiger partial charge in [0.1, 0.15) is 15.6 Å². The number of anilines is 1. The molecule has 1 aliphatic rings. The summed E-state index contributed by atoms with van der Waals surface area (Å²) in [6.45, 7) is 4.54. The van der Waals surface area contributed by atoms with Crippen LogP contribution in [-0.2, 0) is 4.74 Å². The van der Waals surface area contributed by atoms with Crippen LogP contribution in [0.5, 0.6) is 0 Å². The van der Waals surface area contributed by atoms with Gasteiger partial charge in [0.25, 0.3) is 11.8 Å². The molecule has 3 aromatic rings. The van der Waals surface area contributed by atoms with Crippen LogP contribution in [0.4, 0.5) is 5.13 Å². The largest absolute Gasteiger partial charge is 0.378 e. The molecule has 0 radical (unpaired) electrons. The Labute approximate surface area is 183 Å². The van der Waals surface area contributed by atoms with Gasteiger partial charge in [0.05, 0.1) is 28.1 Å². The van der Waals surface area contributed by atoms with Crippen molar-refractivity contribution in [2.24, 2.45) is 0 Å². The van der Waals surface area contributed by atoms with E-state index in [9.17, 15) is 9.59 Å². The van der Waals surface area contributed by atoms with Gasteiger partial charge in [-0.3, -0.25) is 20.4 Å². The van der Waals surface area contributed by atoms with E-state index in [2.05, 4.69) is 25.7 Å². The Morgan fingerprint density at radius 2 is 1.90 bits per heavy atom. The molecule has 0 aliphatic carbocycles. The minimum atomic E-state index is -0.487. The monoisotopic (exact) mass is 469 g/mol. The summed E-state index contributed by atoms with van der Waals surface area (Å²) < 4.78 is 6.00. The molecule has 1 fully saturated rings. The van der Waals surface area contributed by atoms with Crippen molar-refractivity contribution in [2.75, 3.05) is 31.2 Å². The minimum Gasteiger partial charge on any atom is -0.378 e. The molecule has 2 amide bonds. The van der Waals surface area contributed by atoms with Crippen molar-refractivity contribution >= 4 is 62.6 Å². The smallest absolute Gasteiger partial charge is 0.289 e. The van der Waals surface area contributed by atoms with E-state index in [4.69, 9.17) is 16.3 Å². The van der Waals surface area contributed by atoms with E-state index >= 15 is 0 Å². The fraction of sp³-hybridized carbons (Fsp3) is 0.294. The molecule has 2 N–H and O–H groups in total. The number of hydrazine groups is 1. The lowest BCUT2D eigenvalue weighted by Gasteiger charge is -2.25. The zero-order valence-electron chi connectivity index (χ0n) is 15.2. The number of thiophene rings is 1. The highest BCUT2D eigenvalue weighted by Gasteiger charge is 2.21. The fourth-order valence-electron chi connectivity index (χ4n) is 2.64. The van der Waals surface area contributed by atoms with Gasteiger partial charge < -0.3 is 9.64 Å². The topological polar surface area (TPSA) is 96.5 Å². The van der Waals surface area contributed by atoms with Crippen molar-refractivity contribution in [3.8, 4) is 9.88 Å². The number of aromatic nitrogens is 2. The zero-order chi connectivity index (χ0) is 20.4. The number of rotatable bonds is 4. The maximum Gasteiger partial charge on any atom is 0.289 e. The van der Waals surface area contributed by atoms with Crippen LogP contribution in [0, 0.1) is 6.92 Å². The van der Waals surface area contributed by atoms with Gasteiger partial charge in [-0.25, -0.2) is 9.97 Å². The maximum absolute atomic E-state index is 12.5. The number of carbonyl (C=O) groups is 2. The Morgan fingerprint density at radius 1 is 1.14 bits per heavy atom. The van der Waals surface area contributed by atoms with Gasteiger partial charge in [0, 0.05) is 18.5 Å². The van der Waals surface area contributed by atoms with Gasteiger partial charge in [0.15, 0.2) is 5.13 Å². The van der Waals surface area contributed by atoms with Crippen LogP contribution in [0.15, 0.2) is 17.5 Å². The number of thiazole rings is 2. The van der Waals surface area contributed by atoms with Crippen LogP contribution in [0.1, 0.15) is 25.9 Å². The molecule has 0 aromatic carbocycles. The third-order valence-electron chi connectivity index (χ3n) is 4.08. The SMILES string of the molecule is Cc1nc(N2CCOCC2)sc1C(=O)NNC(=O)c1csc(-c2ccc(Cl)s2)n1. The number of nitrogens with zero attached hydrogens (tertiary/aromatic N) is 3. The number of carbonyl (C=O) groups excluding carboxylic acids is 2.